The minimum absolute atomic E-state index is 0.0450. The molecule has 1 aliphatic rings. The molecule has 7 heteroatoms. The average Bonchev–Trinajstić information content (AvgIpc) is 3.12. The zero-order chi connectivity index (χ0) is 20.9. The van der Waals surface area contributed by atoms with E-state index in [-0.39, 0.29) is 5.91 Å². The van der Waals surface area contributed by atoms with Gasteiger partial charge in [-0.05, 0) is 31.2 Å². The Balaban J connectivity index is 1.27. The highest BCUT2D eigenvalue weighted by Gasteiger charge is 2.21. The van der Waals surface area contributed by atoms with Gasteiger partial charge in [0, 0.05) is 38.3 Å². The van der Waals surface area contributed by atoms with Gasteiger partial charge in [-0.25, -0.2) is 4.98 Å². The lowest BCUT2D eigenvalue weighted by Gasteiger charge is -2.33. The third-order valence-electron chi connectivity index (χ3n) is 5.27. The predicted octanol–water partition coefficient (Wildman–Crippen LogP) is 4.06. The van der Waals surface area contributed by atoms with Crippen molar-refractivity contribution in [3.63, 3.8) is 0 Å². The lowest BCUT2D eigenvalue weighted by molar-refractivity contribution is -0.117. The minimum atomic E-state index is -0.0450. The third kappa shape index (κ3) is 5.08. The Morgan fingerprint density at radius 1 is 1.03 bits per heavy atom. The Morgan fingerprint density at radius 2 is 1.70 bits per heavy atom. The standard InChI is InChI=1S/C23H25ClN4O2/c1-17-21(26-23(30-17)18-7-3-2-4-8-18)15-27-11-13-28(14-12-27)16-22(29)25-20-10-6-5-9-19(20)24/h2-10H,11-16H2,1H3,(H,25,29). The number of nitrogens with zero attached hydrogens (tertiary/aromatic N) is 3. The number of rotatable bonds is 6. The van der Waals surface area contributed by atoms with E-state index in [1.807, 2.05) is 55.5 Å². The summed E-state index contributed by atoms with van der Waals surface area (Å²) in [6.45, 7) is 6.50. The van der Waals surface area contributed by atoms with Crippen LogP contribution in [-0.2, 0) is 11.3 Å². The van der Waals surface area contributed by atoms with Crippen LogP contribution >= 0.6 is 11.6 Å². The molecule has 0 bridgehead atoms. The van der Waals surface area contributed by atoms with Crippen molar-refractivity contribution >= 4 is 23.2 Å². The predicted molar refractivity (Wildman–Crippen MR) is 118 cm³/mol. The molecule has 1 N–H and O–H groups in total. The maximum atomic E-state index is 12.3. The van der Waals surface area contributed by atoms with Crippen molar-refractivity contribution < 1.29 is 9.21 Å². The second-order valence-corrected chi connectivity index (χ2v) is 7.88. The quantitative estimate of drug-likeness (QED) is 0.646. The number of hydrogen-bond acceptors (Lipinski definition) is 5. The molecule has 30 heavy (non-hydrogen) atoms. The smallest absolute Gasteiger partial charge is 0.238 e. The number of amides is 1. The van der Waals surface area contributed by atoms with Crippen LogP contribution < -0.4 is 5.32 Å². The van der Waals surface area contributed by atoms with E-state index in [0.29, 0.717) is 23.1 Å². The molecular formula is C23H25ClN4O2. The molecule has 0 unspecified atom stereocenters. The van der Waals surface area contributed by atoms with Crippen LogP contribution in [0.4, 0.5) is 5.69 Å². The van der Waals surface area contributed by atoms with Crippen molar-refractivity contribution in [1.29, 1.82) is 0 Å². The van der Waals surface area contributed by atoms with Crippen LogP contribution in [0.5, 0.6) is 0 Å². The molecule has 6 nitrogen and oxygen atoms in total. The summed E-state index contributed by atoms with van der Waals surface area (Å²) in [5.41, 5.74) is 2.61. The molecule has 1 fully saturated rings. The Labute approximate surface area is 181 Å². The second kappa shape index (κ2) is 9.43. The van der Waals surface area contributed by atoms with Gasteiger partial charge in [-0.2, -0.15) is 0 Å². The van der Waals surface area contributed by atoms with Gasteiger partial charge in [0.2, 0.25) is 11.8 Å². The Bertz CT molecular complexity index is 997. The SMILES string of the molecule is Cc1oc(-c2ccccc2)nc1CN1CCN(CC(=O)Nc2ccccc2Cl)CC1. The maximum Gasteiger partial charge on any atom is 0.238 e. The fourth-order valence-corrected chi connectivity index (χ4v) is 3.73. The van der Waals surface area contributed by atoms with E-state index in [0.717, 1.165) is 49.7 Å². The molecule has 1 aliphatic heterocycles. The first-order chi connectivity index (χ1) is 14.6. The van der Waals surface area contributed by atoms with E-state index in [9.17, 15) is 4.79 Å². The molecule has 2 heterocycles. The number of nitrogens with one attached hydrogen (secondary N) is 1. The molecule has 1 aromatic heterocycles. The van der Waals surface area contributed by atoms with Crippen molar-refractivity contribution in [1.82, 2.24) is 14.8 Å². The molecular weight excluding hydrogens is 400 g/mol. The highest BCUT2D eigenvalue weighted by atomic mass is 35.5. The van der Waals surface area contributed by atoms with E-state index >= 15 is 0 Å². The molecule has 156 valence electrons. The van der Waals surface area contributed by atoms with Crippen LogP contribution in [0.3, 0.4) is 0 Å². The van der Waals surface area contributed by atoms with E-state index in [4.69, 9.17) is 21.0 Å². The van der Waals surface area contributed by atoms with Gasteiger partial charge in [0.25, 0.3) is 0 Å². The molecule has 0 saturated carbocycles. The van der Waals surface area contributed by atoms with Gasteiger partial charge in [0.05, 0.1) is 22.9 Å². The molecule has 2 aromatic carbocycles. The number of benzene rings is 2. The topological polar surface area (TPSA) is 61.6 Å². The highest BCUT2D eigenvalue weighted by molar-refractivity contribution is 6.33. The largest absolute Gasteiger partial charge is 0.441 e. The van der Waals surface area contributed by atoms with Crippen molar-refractivity contribution in [3.8, 4) is 11.5 Å². The van der Waals surface area contributed by atoms with Crippen molar-refractivity contribution in [3.05, 3.63) is 71.1 Å². The number of hydrogen-bond donors (Lipinski definition) is 1. The molecule has 0 atom stereocenters. The lowest BCUT2D eigenvalue weighted by Crippen LogP contribution is -2.48. The molecule has 0 spiro atoms. The number of aromatic nitrogens is 1. The van der Waals surface area contributed by atoms with Gasteiger partial charge in [-0.15, -0.1) is 0 Å². The van der Waals surface area contributed by atoms with Crippen molar-refractivity contribution in [2.45, 2.75) is 13.5 Å². The van der Waals surface area contributed by atoms with Gasteiger partial charge >= 0.3 is 0 Å². The number of carbonyl (C=O) groups is 1. The number of halogens is 1. The zero-order valence-corrected chi connectivity index (χ0v) is 17.7. The fraction of sp³-hybridized carbons (Fsp3) is 0.304. The first kappa shape index (κ1) is 20.6. The second-order valence-electron chi connectivity index (χ2n) is 7.47. The summed E-state index contributed by atoms with van der Waals surface area (Å²) in [6.07, 6.45) is 0. The zero-order valence-electron chi connectivity index (χ0n) is 17.0. The van der Waals surface area contributed by atoms with Gasteiger partial charge < -0.3 is 9.73 Å². The summed E-state index contributed by atoms with van der Waals surface area (Å²) in [5, 5.41) is 3.44. The Hall–Kier alpha value is -2.67. The van der Waals surface area contributed by atoms with Crippen LogP contribution in [0.2, 0.25) is 5.02 Å². The number of para-hydroxylation sites is 1. The molecule has 3 aromatic rings. The van der Waals surface area contributed by atoms with Crippen LogP contribution in [0.15, 0.2) is 59.0 Å². The van der Waals surface area contributed by atoms with Gasteiger partial charge in [0.1, 0.15) is 5.76 Å². The first-order valence-corrected chi connectivity index (χ1v) is 10.5. The number of carbonyl (C=O) groups excluding carboxylic acids is 1. The molecule has 4 rings (SSSR count). The number of aryl methyl sites for hydroxylation is 1. The Morgan fingerprint density at radius 3 is 2.43 bits per heavy atom. The van der Waals surface area contributed by atoms with Crippen LogP contribution in [0.1, 0.15) is 11.5 Å². The third-order valence-corrected chi connectivity index (χ3v) is 5.60. The van der Waals surface area contributed by atoms with Crippen molar-refractivity contribution in [2.24, 2.45) is 0 Å². The van der Waals surface area contributed by atoms with E-state index in [1.165, 1.54) is 0 Å². The molecule has 0 radical (unpaired) electrons. The molecule has 0 aliphatic carbocycles. The van der Waals surface area contributed by atoms with Gasteiger partial charge in [0.15, 0.2) is 0 Å². The van der Waals surface area contributed by atoms with Crippen molar-refractivity contribution in [2.75, 3.05) is 38.0 Å². The Kier molecular flexibility index (Phi) is 6.47. The van der Waals surface area contributed by atoms with E-state index in [1.54, 1.807) is 6.07 Å². The molecule has 1 saturated heterocycles. The lowest BCUT2D eigenvalue weighted by atomic mass is 10.2. The normalized spacial score (nSPS) is 15.3. The summed E-state index contributed by atoms with van der Waals surface area (Å²) < 4.78 is 5.87. The maximum absolute atomic E-state index is 12.3. The summed E-state index contributed by atoms with van der Waals surface area (Å²) >= 11 is 6.11. The number of anilines is 1. The van der Waals surface area contributed by atoms with E-state index in [2.05, 4.69) is 15.1 Å². The fourth-order valence-electron chi connectivity index (χ4n) is 3.55. The number of oxazole rings is 1. The summed E-state index contributed by atoms with van der Waals surface area (Å²) in [4.78, 5) is 21.5. The number of piperazine rings is 1. The summed E-state index contributed by atoms with van der Waals surface area (Å²) in [6, 6.07) is 17.2. The molecule has 1 amide bonds. The minimum Gasteiger partial charge on any atom is -0.441 e. The van der Waals surface area contributed by atoms with Gasteiger partial charge in [-0.1, -0.05) is 41.9 Å². The summed E-state index contributed by atoms with van der Waals surface area (Å²) in [7, 11) is 0. The average molecular weight is 425 g/mol. The van der Waals surface area contributed by atoms with Gasteiger partial charge in [-0.3, -0.25) is 14.6 Å². The highest BCUT2D eigenvalue weighted by Crippen LogP contribution is 2.23. The van der Waals surface area contributed by atoms with Crippen LogP contribution in [-0.4, -0.2) is 53.4 Å². The first-order valence-electron chi connectivity index (χ1n) is 10.1. The van der Waals surface area contributed by atoms with Crippen LogP contribution in [0.25, 0.3) is 11.5 Å². The summed E-state index contributed by atoms with van der Waals surface area (Å²) in [5.74, 6) is 1.48. The van der Waals surface area contributed by atoms with E-state index < -0.39 is 0 Å². The monoisotopic (exact) mass is 424 g/mol. The van der Waals surface area contributed by atoms with Crippen LogP contribution in [0, 0.1) is 6.92 Å².